The molecule has 2 atom stereocenters. The number of amides is 1. The van der Waals surface area contributed by atoms with Crippen molar-refractivity contribution in [2.45, 2.75) is 38.8 Å². The van der Waals surface area contributed by atoms with E-state index in [1.54, 1.807) is 0 Å². The lowest BCUT2D eigenvalue weighted by molar-refractivity contribution is -0.126. The minimum atomic E-state index is -0.144. The molecule has 0 aliphatic carbocycles. The fourth-order valence-electron chi connectivity index (χ4n) is 1.91. The minimum Gasteiger partial charge on any atom is -0.396 e. The van der Waals surface area contributed by atoms with Gasteiger partial charge in [-0.05, 0) is 26.3 Å². The van der Waals surface area contributed by atoms with Gasteiger partial charge in [0.2, 0.25) is 5.91 Å². The summed E-state index contributed by atoms with van der Waals surface area (Å²) in [7, 11) is 0. The highest BCUT2D eigenvalue weighted by Crippen LogP contribution is 2.11. The predicted molar refractivity (Wildman–Crippen MR) is 55.0 cm³/mol. The van der Waals surface area contributed by atoms with E-state index in [-0.39, 0.29) is 24.6 Å². The number of carbonyl (C=O) groups excluding carboxylic acids is 1. The van der Waals surface area contributed by atoms with E-state index in [2.05, 4.69) is 10.2 Å². The predicted octanol–water partition coefficient (Wildman–Crippen LogP) is -0.0323. The first-order chi connectivity index (χ1) is 6.69. The van der Waals surface area contributed by atoms with E-state index in [1.165, 1.54) is 0 Å². The number of likely N-dealkylation sites (N-methyl/N-ethyl adjacent to an activating group) is 1. The van der Waals surface area contributed by atoms with Crippen molar-refractivity contribution in [1.29, 1.82) is 0 Å². The van der Waals surface area contributed by atoms with Crippen LogP contribution in [0.1, 0.15) is 26.7 Å². The fourth-order valence-corrected chi connectivity index (χ4v) is 1.91. The normalized spacial score (nSPS) is 29.8. The number of aliphatic hydroxyl groups excluding tert-OH is 1. The van der Waals surface area contributed by atoms with Crippen LogP contribution in [0.4, 0.5) is 0 Å². The van der Waals surface area contributed by atoms with Crippen molar-refractivity contribution in [3.63, 3.8) is 0 Å². The Balaban J connectivity index is 2.67. The minimum absolute atomic E-state index is 0.0610. The van der Waals surface area contributed by atoms with Crippen molar-refractivity contribution in [1.82, 2.24) is 10.2 Å². The second-order valence-electron chi connectivity index (χ2n) is 3.85. The van der Waals surface area contributed by atoms with Crippen molar-refractivity contribution in [3.8, 4) is 0 Å². The second-order valence-corrected chi connectivity index (χ2v) is 3.85. The zero-order chi connectivity index (χ0) is 10.6. The highest BCUT2D eigenvalue weighted by atomic mass is 16.3. The average Bonchev–Trinajstić information content (AvgIpc) is 2.28. The Morgan fingerprint density at radius 3 is 2.93 bits per heavy atom. The van der Waals surface area contributed by atoms with E-state index in [0.717, 1.165) is 19.5 Å². The summed E-state index contributed by atoms with van der Waals surface area (Å²) < 4.78 is 0. The maximum atomic E-state index is 11.7. The summed E-state index contributed by atoms with van der Waals surface area (Å²) in [5.74, 6) is 0.0610. The molecule has 1 saturated heterocycles. The van der Waals surface area contributed by atoms with Crippen LogP contribution < -0.4 is 5.32 Å². The molecular weight excluding hydrogens is 180 g/mol. The third-order valence-corrected chi connectivity index (χ3v) is 2.79. The Morgan fingerprint density at radius 1 is 1.64 bits per heavy atom. The van der Waals surface area contributed by atoms with E-state index >= 15 is 0 Å². The molecule has 0 aromatic carbocycles. The Morgan fingerprint density at radius 2 is 2.36 bits per heavy atom. The molecule has 0 bridgehead atoms. The van der Waals surface area contributed by atoms with E-state index in [9.17, 15) is 4.79 Å². The molecule has 82 valence electrons. The van der Waals surface area contributed by atoms with E-state index in [1.807, 2.05) is 13.8 Å². The molecule has 0 aromatic heterocycles. The van der Waals surface area contributed by atoms with Gasteiger partial charge < -0.3 is 10.4 Å². The van der Waals surface area contributed by atoms with Gasteiger partial charge in [-0.15, -0.1) is 0 Å². The number of nitrogens with zero attached hydrogens (tertiary/aromatic N) is 1. The lowest BCUT2D eigenvalue weighted by atomic mass is 10.1. The number of rotatable bonds is 3. The molecule has 4 heteroatoms. The summed E-state index contributed by atoms with van der Waals surface area (Å²) in [5, 5.41) is 11.8. The van der Waals surface area contributed by atoms with Gasteiger partial charge in [-0.1, -0.05) is 6.92 Å². The number of carbonyl (C=O) groups is 1. The summed E-state index contributed by atoms with van der Waals surface area (Å²) in [6, 6.07) is 0.107. The van der Waals surface area contributed by atoms with Crippen LogP contribution >= 0.6 is 0 Å². The molecule has 1 heterocycles. The highest BCUT2D eigenvalue weighted by molar-refractivity contribution is 5.82. The molecule has 1 aliphatic heterocycles. The molecule has 1 aliphatic rings. The quantitative estimate of drug-likeness (QED) is 0.672. The van der Waals surface area contributed by atoms with Gasteiger partial charge in [0.25, 0.3) is 0 Å². The van der Waals surface area contributed by atoms with Crippen LogP contribution in [0.3, 0.4) is 0 Å². The molecule has 0 radical (unpaired) electrons. The van der Waals surface area contributed by atoms with E-state index in [4.69, 9.17) is 5.11 Å². The molecule has 0 spiro atoms. The summed E-state index contributed by atoms with van der Waals surface area (Å²) >= 11 is 0. The molecule has 1 amide bonds. The van der Waals surface area contributed by atoms with Gasteiger partial charge in [-0.25, -0.2) is 0 Å². The van der Waals surface area contributed by atoms with Gasteiger partial charge in [0.05, 0.1) is 6.04 Å². The zero-order valence-electron chi connectivity index (χ0n) is 8.99. The number of hydrogen-bond donors (Lipinski definition) is 2. The van der Waals surface area contributed by atoms with E-state index < -0.39 is 0 Å². The Hall–Kier alpha value is -0.610. The summed E-state index contributed by atoms with van der Waals surface area (Å²) in [4.78, 5) is 13.9. The molecule has 0 aromatic rings. The van der Waals surface area contributed by atoms with E-state index in [0.29, 0.717) is 6.42 Å². The SMILES string of the molecule is CCN1CCC(C)NC(=O)C1CCO. The van der Waals surface area contributed by atoms with Crippen LogP contribution in [0.15, 0.2) is 0 Å². The zero-order valence-corrected chi connectivity index (χ0v) is 8.99. The monoisotopic (exact) mass is 200 g/mol. The maximum absolute atomic E-state index is 11.7. The standard InChI is InChI=1S/C10H20N2O2/c1-3-12-6-4-8(2)11-10(14)9(12)5-7-13/h8-9,13H,3-7H2,1-2H3,(H,11,14). The molecule has 4 nitrogen and oxygen atoms in total. The Bertz CT molecular complexity index is 197. The maximum Gasteiger partial charge on any atom is 0.237 e. The molecule has 1 fully saturated rings. The first-order valence-electron chi connectivity index (χ1n) is 5.34. The van der Waals surface area contributed by atoms with Gasteiger partial charge in [-0.2, -0.15) is 0 Å². The van der Waals surface area contributed by atoms with Crippen molar-refractivity contribution in [3.05, 3.63) is 0 Å². The van der Waals surface area contributed by atoms with Gasteiger partial charge in [0, 0.05) is 19.2 Å². The topological polar surface area (TPSA) is 52.6 Å². The lowest BCUT2D eigenvalue weighted by Gasteiger charge is -2.25. The third kappa shape index (κ3) is 2.69. The summed E-state index contributed by atoms with van der Waals surface area (Å²) in [6.45, 7) is 5.94. The average molecular weight is 200 g/mol. The van der Waals surface area contributed by atoms with Crippen LogP contribution in [0.5, 0.6) is 0 Å². The Labute approximate surface area is 85.3 Å². The van der Waals surface area contributed by atoms with Crippen LogP contribution in [0.2, 0.25) is 0 Å². The van der Waals surface area contributed by atoms with Gasteiger partial charge in [-0.3, -0.25) is 9.69 Å². The van der Waals surface area contributed by atoms with Crippen molar-refractivity contribution in [2.75, 3.05) is 19.7 Å². The molecular formula is C10H20N2O2. The van der Waals surface area contributed by atoms with Gasteiger partial charge in [0.1, 0.15) is 0 Å². The van der Waals surface area contributed by atoms with Crippen molar-refractivity contribution >= 4 is 5.91 Å². The van der Waals surface area contributed by atoms with Gasteiger partial charge >= 0.3 is 0 Å². The molecule has 1 rings (SSSR count). The molecule has 2 N–H and O–H groups in total. The van der Waals surface area contributed by atoms with Crippen LogP contribution in [-0.2, 0) is 4.79 Å². The summed E-state index contributed by atoms with van der Waals surface area (Å²) in [6.07, 6.45) is 1.52. The third-order valence-electron chi connectivity index (χ3n) is 2.79. The first-order valence-corrected chi connectivity index (χ1v) is 5.34. The first kappa shape index (κ1) is 11.5. The molecule has 14 heavy (non-hydrogen) atoms. The second kappa shape index (κ2) is 5.32. The molecule has 2 unspecified atom stereocenters. The number of nitrogens with one attached hydrogen (secondary N) is 1. The Kier molecular flexibility index (Phi) is 4.35. The number of hydrogen-bond acceptors (Lipinski definition) is 3. The number of aliphatic hydroxyl groups is 1. The largest absolute Gasteiger partial charge is 0.396 e. The highest BCUT2D eigenvalue weighted by Gasteiger charge is 2.28. The van der Waals surface area contributed by atoms with Crippen LogP contribution in [-0.4, -0.2) is 47.7 Å². The van der Waals surface area contributed by atoms with Crippen molar-refractivity contribution in [2.24, 2.45) is 0 Å². The molecule has 0 saturated carbocycles. The van der Waals surface area contributed by atoms with Crippen LogP contribution in [0, 0.1) is 0 Å². The summed E-state index contributed by atoms with van der Waals surface area (Å²) in [5.41, 5.74) is 0. The van der Waals surface area contributed by atoms with Crippen LogP contribution in [0.25, 0.3) is 0 Å². The smallest absolute Gasteiger partial charge is 0.237 e. The lowest BCUT2D eigenvalue weighted by Crippen LogP contribution is -2.45. The van der Waals surface area contributed by atoms with Crippen molar-refractivity contribution < 1.29 is 9.90 Å². The van der Waals surface area contributed by atoms with Gasteiger partial charge in [0.15, 0.2) is 0 Å². The fraction of sp³-hybridized carbons (Fsp3) is 0.900.